The summed E-state index contributed by atoms with van der Waals surface area (Å²) < 4.78 is 2.28. The molecule has 1 atom stereocenters. The first-order chi connectivity index (χ1) is 7.20. The smallest absolute Gasteiger partial charge is 0.154 e. The third-order valence-corrected chi connectivity index (χ3v) is 3.50. The highest BCUT2D eigenvalue weighted by molar-refractivity contribution is 9.10. The number of nitrogens with zero attached hydrogens (tertiary/aromatic N) is 3. The van der Waals surface area contributed by atoms with Crippen molar-refractivity contribution in [3.05, 3.63) is 10.3 Å². The van der Waals surface area contributed by atoms with Crippen molar-refractivity contribution in [2.24, 2.45) is 13.0 Å². The van der Waals surface area contributed by atoms with Gasteiger partial charge in [-0.25, -0.2) is 4.68 Å². The molecule has 1 fully saturated rings. The average Bonchev–Trinajstić information content (AvgIpc) is 2.59. The number of hydrogen-bond acceptors (Lipinski definition) is 4. The van der Waals surface area contributed by atoms with Crippen LogP contribution in [0.3, 0.4) is 0 Å². The van der Waals surface area contributed by atoms with Crippen molar-refractivity contribution in [1.82, 2.24) is 20.3 Å². The van der Waals surface area contributed by atoms with Crippen LogP contribution in [0.25, 0.3) is 0 Å². The summed E-state index contributed by atoms with van der Waals surface area (Å²) in [6, 6.07) is 0. The molecular weight excluding hydrogens is 260 g/mol. The Morgan fingerprint density at radius 3 is 2.73 bits per heavy atom. The Morgan fingerprint density at radius 1 is 1.53 bits per heavy atom. The Morgan fingerprint density at radius 2 is 2.20 bits per heavy atom. The Bertz CT molecular complexity index is 315. The predicted molar refractivity (Wildman–Crippen MR) is 59.3 cm³/mol. The molecule has 0 aromatic carbocycles. The summed E-state index contributed by atoms with van der Waals surface area (Å²) in [5, 5.41) is 21.3. The maximum absolute atomic E-state index is 10.2. The van der Waals surface area contributed by atoms with Gasteiger partial charge < -0.3 is 10.4 Å². The van der Waals surface area contributed by atoms with E-state index in [1.165, 1.54) is 0 Å². The second-order valence-corrected chi connectivity index (χ2v) is 4.67. The number of hydrogen-bond donors (Lipinski definition) is 2. The van der Waals surface area contributed by atoms with Crippen molar-refractivity contribution in [2.45, 2.75) is 18.9 Å². The maximum atomic E-state index is 10.2. The molecule has 6 heteroatoms. The van der Waals surface area contributed by atoms with E-state index < -0.39 is 6.10 Å². The van der Waals surface area contributed by atoms with Crippen molar-refractivity contribution in [3.63, 3.8) is 0 Å². The van der Waals surface area contributed by atoms with Crippen molar-refractivity contribution in [3.8, 4) is 0 Å². The molecule has 0 bridgehead atoms. The van der Waals surface area contributed by atoms with Gasteiger partial charge in [-0.1, -0.05) is 5.21 Å². The summed E-state index contributed by atoms with van der Waals surface area (Å²) in [6.45, 7) is 1.95. The van der Waals surface area contributed by atoms with Crippen LogP contribution >= 0.6 is 15.9 Å². The molecule has 0 spiro atoms. The molecule has 1 aliphatic heterocycles. The summed E-state index contributed by atoms with van der Waals surface area (Å²) in [5.41, 5.74) is 0.780. The van der Waals surface area contributed by atoms with Crippen LogP contribution in [0.2, 0.25) is 0 Å². The van der Waals surface area contributed by atoms with E-state index in [-0.39, 0.29) is 0 Å². The zero-order valence-corrected chi connectivity index (χ0v) is 10.2. The van der Waals surface area contributed by atoms with Crippen LogP contribution in [-0.2, 0) is 7.05 Å². The molecule has 2 N–H and O–H groups in total. The summed E-state index contributed by atoms with van der Waals surface area (Å²) in [7, 11) is 1.80. The first kappa shape index (κ1) is 11.0. The molecule has 0 radical (unpaired) electrons. The average molecular weight is 275 g/mol. The van der Waals surface area contributed by atoms with Crippen LogP contribution in [0.15, 0.2) is 4.60 Å². The number of aryl methyl sites for hydroxylation is 1. The van der Waals surface area contributed by atoms with Crippen molar-refractivity contribution < 1.29 is 5.11 Å². The van der Waals surface area contributed by atoms with Crippen LogP contribution in [-0.4, -0.2) is 33.2 Å². The predicted octanol–water partition coefficient (Wildman–Crippen LogP) is 0.611. The highest BCUT2D eigenvalue weighted by Crippen LogP contribution is 2.31. The van der Waals surface area contributed by atoms with Gasteiger partial charge >= 0.3 is 0 Å². The van der Waals surface area contributed by atoms with E-state index in [0.717, 1.165) is 31.6 Å². The molecule has 1 unspecified atom stereocenters. The highest BCUT2D eigenvalue weighted by atomic mass is 79.9. The van der Waals surface area contributed by atoms with Crippen LogP contribution in [0.1, 0.15) is 24.6 Å². The fourth-order valence-corrected chi connectivity index (χ4v) is 2.60. The lowest BCUT2D eigenvalue weighted by Crippen LogP contribution is -2.31. The van der Waals surface area contributed by atoms with Crippen LogP contribution in [0.5, 0.6) is 0 Å². The minimum Gasteiger partial charge on any atom is -0.386 e. The molecule has 15 heavy (non-hydrogen) atoms. The molecule has 5 nitrogen and oxygen atoms in total. The number of nitrogens with one attached hydrogen (secondary N) is 1. The number of aliphatic hydroxyl groups is 1. The lowest BCUT2D eigenvalue weighted by molar-refractivity contribution is 0.0810. The van der Waals surface area contributed by atoms with Crippen LogP contribution in [0.4, 0.5) is 0 Å². The highest BCUT2D eigenvalue weighted by Gasteiger charge is 2.27. The SMILES string of the molecule is Cn1nnc(Br)c1C(O)C1CCNCC1. The van der Waals surface area contributed by atoms with Gasteiger partial charge in [0, 0.05) is 7.05 Å². The van der Waals surface area contributed by atoms with E-state index in [0.29, 0.717) is 10.5 Å². The number of aromatic nitrogens is 3. The minimum atomic E-state index is -0.471. The Balaban J connectivity index is 2.15. The fourth-order valence-electron chi connectivity index (χ4n) is 2.04. The number of halogens is 1. The molecule has 0 aliphatic carbocycles. The molecule has 0 amide bonds. The standard InChI is InChI=1S/C9H15BrN4O/c1-14-7(9(10)12-13-14)8(15)6-2-4-11-5-3-6/h6,8,11,15H,2-5H2,1H3. The van der Waals surface area contributed by atoms with E-state index in [2.05, 4.69) is 31.6 Å². The van der Waals surface area contributed by atoms with Gasteiger partial charge in [0.25, 0.3) is 0 Å². The van der Waals surface area contributed by atoms with E-state index >= 15 is 0 Å². The molecule has 0 saturated carbocycles. The Hall–Kier alpha value is -0.460. The van der Waals surface area contributed by atoms with Gasteiger partial charge in [0.1, 0.15) is 11.8 Å². The monoisotopic (exact) mass is 274 g/mol. The normalized spacial score (nSPS) is 20.5. The summed E-state index contributed by atoms with van der Waals surface area (Å²) in [6.07, 6.45) is 1.53. The van der Waals surface area contributed by atoms with E-state index in [9.17, 15) is 5.11 Å². The number of aliphatic hydroxyl groups excluding tert-OH is 1. The molecule has 2 heterocycles. The van der Waals surface area contributed by atoms with E-state index in [1.807, 2.05) is 0 Å². The molecular formula is C9H15BrN4O. The van der Waals surface area contributed by atoms with E-state index in [4.69, 9.17) is 0 Å². The van der Waals surface area contributed by atoms with E-state index in [1.54, 1.807) is 11.7 Å². The van der Waals surface area contributed by atoms with Crippen LogP contribution < -0.4 is 5.32 Å². The topological polar surface area (TPSA) is 63.0 Å². The van der Waals surface area contributed by atoms with Gasteiger partial charge in [0.15, 0.2) is 4.60 Å². The minimum absolute atomic E-state index is 0.305. The third kappa shape index (κ3) is 2.21. The Labute approximate surface area is 97.0 Å². The van der Waals surface area contributed by atoms with Gasteiger partial charge in [-0.15, -0.1) is 5.10 Å². The molecule has 1 aromatic rings. The molecule has 1 aliphatic rings. The number of rotatable bonds is 2. The largest absolute Gasteiger partial charge is 0.386 e. The first-order valence-corrected chi connectivity index (χ1v) is 5.93. The third-order valence-electron chi connectivity index (χ3n) is 2.94. The Kier molecular flexibility index (Phi) is 3.38. The maximum Gasteiger partial charge on any atom is 0.154 e. The van der Waals surface area contributed by atoms with Gasteiger partial charge in [-0.05, 0) is 47.8 Å². The quantitative estimate of drug-likeness (QED) is 0.830. The lowest BCUT2D eigenvalue weighted by atomic mass is 9.91. The summed E-state index contributed by atoms with van der Waals surface area (Å²) >= 11 is 3.31. The fraction of sp³-hybridized carbons (Fsp3) is 0.778. The lowest BCUT2D eigenvalue weighted by Gasteiger charge is -2.27. The molecule has 84 valence electrons. The van der Waals surface area contributed by atoms with Gasteiger partial charge in [-0.2, -0.15) is 0 Å². The second kappa shape index (κ2) is 4.59. The molecule has 2 rings (SSSR count). The number of piperidine rings is 1. The van der Waals surface area contributed by atoms with Crippen molar-refractivity contribution in [2.75, 3.05) is 13.1 Å². The zero-order valence-electron chi connectivity index (χ0n) is 8.65. The van der Waals surface area contributed by atoms with Crippen molar-refractivity contribution >= 4 is 15.9 Å². The molecule has 1 saturated heterocycles. The van der Waals surface area contributed by atoms with Crippen molar-refractivity contribution in [1.29, 1.82) is 0 Å². The summed E-state index contributed by atoms with van der Waals surface area (Å²) in [4.78, 5) is 0. The zero-order chi connectivity index (χ0) is 10.8. The summed E-state index contributed by atoms with van der Waals surface area (Å²) in [5.74, 6) is 0.305. The van der Waals surface area contributed by atoms with Gasteiger partial charge in [-0.3, -0.25) is 0 Å². The molecule has 1 aromatic heterocycles. The van der Waals surface area contributed by atoms with Gasteiger partial charge in [0.2, 0.25) is 0 Å². The second-order valence-electron chi connectivity index (χ2n) is 3.92. The van der Waals surface area contributed by atoms with Crippen LogP contribution in [0, 0.1) is 5.92 Å². The first-order valence-electron chi connectivity index (χ1n) is 5.14. The van der Waals surface area contributed by atoms with Gasteiger partial charge in [0.05, 0.1) is 0 Å².